The van der Waals surface area contributed by atoms with Crippen LogP contribution in [0.15, 0.2) is 17.0 Å². The molecule has 172 valence electrons. The highest BCUT2D eigenvalue weighted by Crippen LogP contribution is 2.37. The lowest BCUT2D eigenvalue weighted by atomic mass is 10.2. The summed E-state index contributed by atoms with van der Waals surface area (Å²) in [7, 11) is -5.67. The minimum atomic E-state index is -3.97. The Labute approximate surface area is 186 Å². The van der Waals surface area contributed by atoms with Gasteiger partial charge in [-0.2, -0.15) is 21.3 Å². The molecule has 2 saturated heterocycles. The van der Waals surface area contributed by atoms with Crippen molar-refractivity contribution in [3.63, 3.8) is 0 Å². The molecule has 0 aromatic heterocycles. The Morgan fingerprint density at radius 1 is 0.903 bits per heavy atom. The van der Waals surface area contributed by atoms with Gasteiger partial charge in [0.05, 0.1) is 10.7 Å². The molecule has 0 unspecified atom stereocenters. The number of hydrogen-bond acceptors (Lipinski definition) is 7. The predicted octanol–water partition coefficient (Wildman–Crippen LogP) is -0.531. The van der Waals surface area contributed by atoms with E-state index >= 15 is 0 Å². The van der Waals surface area contributed by atoms with Gasteiger partial charge >= 0.3 is 0 Å². The minimum Gasteiger partial charge on any atom is -0.482 e. The third-order valence-electron chi connectivity index (χ3n) is 5.60. The third-order valence-corrected chi connectivity index (χ3v) is 10.00. The SMILES string of the molecule is CN1CCN(S(=O)(=O)N2CCN(S(=O)(=O)c3cc4c(cc3Cl)NC(=O)CO4)CC2)CC1. The van der Waals surface area contributed by atoms with E-state index in [1.54, 1.807) is 0 Å². The fraction of sp³-hybridized carbons (Fsp3) is 0.588. The second kappa shape index (κ2) is 8.46. The van der Waals surface area contributed by atoms with E-state index < -0.39 is 20.2 Å². The van der Waals surface area contributed by atoms with Crippen LogP contribution in [0.25, 0.3) is 0 Å². The number of benzene rings is 1. The maximum Gasteiger partial charge on any atom is 0.282 e. The molecule has 3 heterocycles. The van der Waals surface area contributed by atoms with Crippen LogP contribution in [0.1, 0.15) is 0 Å². The van der Waals surface area contributed by atoms with Crippen LogP contribution in [0.4, 0.5) is 5.69 Å². The fourth-order valence-electron chi connectivity index (χ4n) is 3.74. The number of carbonyl (C=O) groups is 1. The number of amides is 1. The van der Waals surface area contributed by atoms with E-state index in [1.807, 2.05) is 7.05 Å². The van der Waals surface area contributed by atoms with Crippen LogP contribution < -0.4 is 10.1 Å². The summed E-state index contributed by atoms with van der Waals surface area (Å²) in [5, 5.41) is 2.53. The molecule has 0 saturated carbocycles. The van der Waals surface area contributed by atoms with E-state index in [0.717, 1.165) is 0 Å². The molecule has 11 nitrogen and oxygen atoms in total. The summed E-state index contributed by atoms with van der Waals surface area (Å²) in [6, 6.07) is 2.63. The first-order valence-corrected chi connectivity index (χ1v) is 13.0. The Morgan fingerprint density at radius 2 is 1.45 bits per heavy atom. The second-order valence-electron chi connectivity index (χ2n) is 7.63. The number of sulfonamides is 1. The zero-order chi connectivity index (χ0) is 22.4. The van der Waals surface area contributed by atoms with E-state index in [4.69, 9.17) is 16.3 Å². The average molecular weight is 494 g/mol. The summed E-state index contributed by atoms with van der Waals surface area (Å²) >= 11 is 6.20. The average Bonchev–Trinajstić information content (AvgIpc) is 2.73. The smallest absolute Gasteiger partial charge is 0.282 e. The van der Waals surface area contributed by atoms with Gasteiger partial charge in [0.1, 0.15) is 10.6 Å². The van der Waals surface area contributed by atoms with E-state index in [1.165, 1.54) is 25.0 Å². The molecule has 1 N–H and O–H groups in total. The molecule has 31 heavy (non-hydrogen) atoms. The van der Waals surface area contributed by atoms with Gasteiger partial charge in [-0.15, -0.1) is 0 Å². The number of likely N-dealkylation sites (N-methyl/N-ethyl adjacent to an activating group) is 1. The zero-order valence-corrected chi connectivity index (χ0v) is 19.3. The van der Waals surface area contributed by atoms with Gasteiger partial charge < -0.3 is 15.0 Å². The van der Waals surface area contributed by atoms with Crippen molar-refractivity contribution in [1.82, 2.24) is 17.8 Å². The van der Waals surface area contributed by atoms with Crippen LogP contribution in [-0.2, 0) is 25.0 Å². The van der Waals surface area contributed by atoms with Crippen molar-refractivity contribution in [2.45, 2.75) is 4.90 Å². The highest BCUT2D eigenvalue weighted by atomic mass is 35.5. The lowest BCUT2D eigenvalue weighted by Crippen LogP contribution is -2.57. The first-order chi connectivity index (χ1) is 14.6. The molecule has 14 heteroatoms. The normalized spacial score (nSPS) is 22.6. The van der Waals surface area contributed by atoms with Crippen molar-refractivity contribution in [3.8, 4) is 5.75 Å². The molecule has 0 atom stereocenters. The van der Waals surface area contributed by atoms with Gasteiger partial charge in [-0.3, -0.25) is 4.79 Å². The molecule has 0 aliphatic carbocycles. The first-order valence-electron chi connectivity index (χ1n) is 9.79. The molecule has 3 aliphatic rings. The number of anilines is 1. The molecule has 0 bridgehead atoms. The van der Waals surface area contributed by atoms with Crippen LogP contribution >= 0.6 is 11.6 Å². The van der Waals surface area contributed by atoms with E-state index in [2.05, 4.69) is 10.2 Å². The number of carbonyl (C=O) groups excluding carboxylic acids is 1. The van der Waals surface area contributed by atoms with E-state index in [9.17, 15) is 21.6 Å². The minimum absolute atomic E-state index is 0.0142. The molecule has 1 aromatic carbocycles. The Bertz CT molecular complexity index is 1080. The zero-order valence-electron chi connectivity index (χ0n) is 17.0. The largest absolute Gasteiger partial charge is 0.482 e. The maximum absolute atomic E-state index is 13.2. The van der Waals surface area contributed by atoms with Gasteiger partial charge in [0.25, 0.3) is 16.1 Å². The number of rotatable bonds is 4. The summed E-state index contributed by atoms with van der Waals surface area (Å²) in [5.41, 5.74) is 0.309. The fourth-order valence-corrected chi connectivity index (χ4v) is 7.26. The number of ether oxygens (including phenoxy) is 1. The third kappa shape index (κ3) is 4.40. The number of fused-ring (bicyclic) bond motifs is 1. The van der Waals surface area contributed by atoms with Crippen LogP contribution in [0, 0.1) is 0 Å². The molecule has 0 radical (unpaired) electrons. The van der Waals surface area contributed by atoms with E-state index in [-0.39, 0.29) is 54.4 Å². The quantitative estimate of drug-likeness (QED) is 0.598. The monoisotopic (exact) mass is 493 g/mol. The number of nitrogens with zero attached hydrogens (tertiary/aromatic N) is 4. The van der Waals surface area contributed by atoms with Gasteiger partial charge in [-0.1, -0.05) is 11.6 Å². The molecule has 2 fully saturated rings. The highest BCUT2D eigenvalue weighted by molar-refractivity contribution is 7.89. The predicted molar refractivity (Wildman–Crippen MR) is 114 cm³/mol. The Kier molecular flexibility index (Phi) is 6.20. The Hall–Kier alpha value is -1.48. The van der Waals surface area contributed by atoms with Crippen molar-refractivity contribution in [2.24, 2.45) is 0 Å². The molecule has 1 amide bonds. The van der Waals surface area contributed by atoms with Crippen LogP contribution in [0.3, 0.4) is 0 Å². The molecular weight excluding hydrogens is 470 g/mol. The summed E-state index contributed by atoms with van der Waals surface area (Å²) in [5.74, 6) is -0.129. The van der Waals surface area contributed by atoms with Crippen molar-refractivity contribution in [2.75, 3.05) is 71.3 Å². The van der Waals surface area contributed by atoms with Crippen LogP contribution in [0.2, 0.25) is 5.02 Å². The standard InChI is InChI=1S/C17H24ClN5O6S2/c1-20-2-4-22(5-3-20)31(27,28)23-8-6-21(7-9-23)30(25,26)16-11-15-14(10-13(16)18)19-17(24)12-29-15/h10-11H,2-9,12H2,1H3,(H,19,24). The molecule has 4 rings (SSSR count). The first kappa shape index (κ1) is 22.7. The number of halogens is 1. The van der Waals surface area contributed by atoms with Crippen LogP contribution in [-0.4, -0.2) is 107 Å². The van der Waals surface area contributed by atoms with Gasteiger partial charge in [0, 0.05) is 58.4 Å². The lowest BCUT2D eigenvalue weighted by molar-refractivity contribution is -0.118. The van der Waals surface area contributed by atoms with Gasteiger partial charge in [0.2, 0.25) is 10.0 Å². The van der Waals surface area contributed by atoms with Crippen molar-refractivity contribution in [1.29, 1.82) is 0 Å². The maximum atomic E-state index is 13.2. The summed E-state index contributed by atoms with van der Waals surface area (Å²) in [6.07, 6.45) is 0. The van der Waals surface area contributed by atoms with Crippen molar-refractivity contribution in [3.05, 3.63) is 17.2 Å². The number of hydrogen-bond donors (Lipinski definition) is 1. The summed E-state index contributed by atoms with van der Waals surface area (Å²) in [6.45, 7) is 2.08. The second-order valence-corrected chi connectivity index (χ2v) is 11.9. The molecule has 0 spiro atoms. The van der Waals surface area contributed by atoms with Gasteiger partial charge in [-0.25, -0.2) is 8.42 Å². The van der Waals surface area contributed by atoms with Crippen molar-refractivity contribution < 1.29 is 26.4 Å². The number of nitrogens with one attached hydrogen (secondary N) is 1. The summed E-state index contributed by atoms with van der Waals surface area (Å²) < 4.78 is 61.4. The summed E-state index contributed by atoms with van der Waals surface area (Å²) in [4.78, 5) is 13.4. The molecule has 3 aliphatic heterocycles. The lowest BCUT2D eigenvalue weighted by Gasteiger charge is -2.38. The Balaban J connectivity index is 1.48. The van der Waals surface area contributed by atoms with Gasteiger partial charge in [-0.05, 0) is 13.1 Å². The van der Waals surface area contributed by atoms with Crippen molar-refractivity contribution >= 4 is 43.4 Å². The van der Waals surface area contributed by atoms with E-state index in [0.29, 0.717) is 31.9 Å². The van der Waals surface area contributed by atoms with Gasteiger partial charge in [0.15, 0.2) is 6.61 Å². The van der Waals surface area contributed by atoms with Crippen LogP contribution in [0.5, 0.6) is 5.75 Å². The topological polar surface area (TPSA) is 120 Å². The highest BCUT2D eigenvalue weighted by Gasteiger charge is 2.37. The molecule has 1 aromatic rings. The number of piperazine rings is 2. The molecular formula is C17H24ClN5O6S2. The Morgan fingerprint density at radius 3 is 2.06 bits per heavy atom.